The molecule has 4 rings (SSSR count). The van der Waals surface area contributed by atoms with E-state index >= 15 is 0 Å². The van der Waals surface area contributed by atoms with Crippen LogP contribution in [0.3, 0.4) is 0 Å². The summed E-state index contributed by atoms with van der Waals surface area (Å²) in [6.45, 7) is 1.93. The number of rotatable bonds is 8. The van der Waals surface area contributed by atoms with Gasteiger partial charge in [-0.05, 0) is 97.9 Å². The van der Waals surface area contributed by atoms with Crippen molar-refractivity contribution in [2.75, 3.05) is 12.4 Å². The minimum atomic E-state index is -0.477. The first-order chi connectivity index (χ1) is 17.3. The number of hydrogen-bond donors (Lipinski definition) is 2. The van der Waals surface area contributed by atoms with Crippen molar-refractivity contribution in [3.05, 3.63) is 112 Å². The molecule has 1 heterocycles. The molecule has 8 heteroatoms. The normalized spacial score (nSPS) is 11.8. The van der Waals surface area contributed by atoms with Gasteiger partial charge in [-0.3, -0.25) is 9.59 Å². The predicted octanol–water partition coefficient (Wildman–Crippen LogP) is 5.54. The average Bonchev–Trinajstić information content (AvgIpc) is 2.88. The third-order valence-electron chi connectivity index (χ3n) is 5.69. The first kappa shape index (κ1) is 25.3. The minimum absolute atomic E-state index is 0.157. The van der Waals surface area contributed by atoms with Crippen molar-refractivity contribution in [3.8, 4) is 11.3 Å². The highest BCUT2D eigenvalue weighted by molar-refractivity contribution is 7.99. The Morgan fingerprint density at radius 2 is 1.58 bits per heavy atom. The van der Waals surface area contributed by atoms with Gasteiger partial charge in [-0.25, -0.2) is 8.78 Å². The summed E-state index contributed by atoms with van der Waals surface area (Å²) < 4.78 is 28.4. The van der Waals surface area contributed by atoms with Gasteiger partial charge in [0.1, 0.15) is 17.3 Å². The zero-order valence-corrected chi connectivity index (χ0v) is 20.6. The Balaban J connectivity index is 1.70. The van der Waals surface area contributed by atoms with E-state index in [-0.39, 0.29) is 35.3 Å². The molecule has 1 aromatic heterocycles. The SMILES string of the molecule is CN[C@@H](C)C(=O)Nc1ccc(-c2ccc(F)cc2)n(Cc2cccc(Sc3ccc(F)cc3)c2)c1=O. The van der Waals surface area contributed by atoms with Crippen LogP contribution in [0.4, 0.5) is 14.5 Å². The lowest BCUT2D eigenvalue weighted by atomic mass is 10.1. The number of amides is 1. The number of nitrogens with zero attached hydrogens (tertiary/aromatic N) is 1. The zero-order valence-electron chi connectivity index (χ0n) is 19.8. The Hall–Kier alpha value is -3.75. The molecule has 0 spiro atoms. The van der Waals surface area contributed by atoms with Crippen molar-refractivity contribution >= 4 is 23.4 Å². The van der Waals surface area contributed by atoms with Crippen LogP contribution in [0.15, 0.2) is 99.5 Å². The first-order valence-electron chi connectivity index (χ1n) is 11.3. The zero-order chi connectivity index (χ0) is 25.7. The average molecular weight is 506 g/mol. The molecule has 0 radical (unpaired) electrons. The highest BCUT2D eigenvalue weighted by atomic mass is 32.2. The van der Waals surface area contributed by atoms with Gasteiger partial charge >= 0.3 is 0 Å². The predicted molar refractivity (Wildman–Crippen MR) is 139 cm³/mol. The monoisotopic (exact) mass is 505 g/mol. The minimum Gasteiger partial charge on any atom is -0.320 e. The first-order valence-corrected chi connectivity index (χ1v) is 12.2. The van der Waals surface area contributed by atoms with Crippen LogP contribution < -0.4 is 16.2 Å². The van der Waals surface area contributed by atoms with Gasteiger partial charge in [-0.2, -0.15) is 0 Å². The highest BCUT2D eigenvalue weighted by Gasteiger charge is 2.16. The number of nitrogens with one attached hydrogen (secondary N) is 2. The molecule has 3 aromatic carbocycles. The van der Waals surface area contributed by atoms with E-state index in [4.69, 9.17) is 0 Å². The standard InChI is InChI=1S/C28H25F2N3O2S/c1-18(31-2)27(34)32-25-14-15-26(20-6-8-21(29)9-7-20)33(28(25)35)17-19-4-3-5-24(16-19)36-23-12-10-22(30)11-13-23/h3-16,18,31H,17H2,1-2H3,(H,32,34)/t18-/m0/s1. The lowest BCUT2D eigenvalue weighted by molar-refractivity contribution is -0.117. The van der Waals surface area contributed by atoms with Crippen molar-refractivity contribution < 1.29 is 13.6 Å². The summed E-state index contributed by atoms with van der Waals surface area (Å²) in [4.78, 5) is 27.7. The van der Waals surface area contributed by atoms with Gasteiger partial charge in [0.15, 0.2) is 0 Å². The van der Waals surface area contributed by atoms with E-state index in [1.54, 1.807) is 54.9 Å². The fourth-order valence-electron chi connectivity index (χ4n) is 3.60. The quantitative estimate of drug-likeness (QED) is 0.330. The third-order valence-corrected chi connectivity index (χ3v) is 6.68. The molecule has 1 amide bonds. The Kier molecular flexibility index (Phi) is 7.97. The van der Waals surface area contributed by atoms with E-state index < -0.39 is 6.04 Å². The van der Waals surface area contributed by atoms with Gasteiger partial charge in [0, 0.05) is 9.79 Å². The van der Waals surface area contributed by atoms with E-state index in [2.05, 4.69) is 10.6 Å². The molecule has 0 aliphatic heterocycles. The fraction of sp³-hybridized carbons (Fsp3) is 0.143. The Morgan fingerprint density at radius 3 is 2.25 bits per heavy atom. The van der Waals surface area contributed by atoms with Crippen LogP contribution in [0, 0.1) is 11.6 Å². The lowest BCUT2D eigenvalue weighted by Crippen LogP contribution is -2.37. The van der Waals surface area contributed by atoms with Gasteiger partial charge in [-0.1, -0.05) is 23.9 Å². The Labute approximate surface area is 212 Å². The maximum Gasteiger partial charge on any atom is 0.275 e. The largest absolute Gasteiger partial charge is 0.320 e. The van der Waals surface area contributed by atoms with Gasteiger partial charge in [0.25, 0.3) is 5.56 Å². The summed E-state index contributed by atoms with van der Waals surface area (Å²) in [7, 11) is 1.66. The molecular weight excluding hydrogens is 480 g/mol. The fourth-order valence-corrected chi connectivity index (χ4v) is 4.51. The molecule has 0 fully saturated rings. The maximum absolute atomic E-state index is 13.5. The summed E-state index contributed by atoms with van der Waals surface area (Å²) in [5.74, 6) is -0.992. The topological polar surface area (TPSA) is 63.1 Å². The molecule has 2 N–H and O–H groups in total. The molecule has 0 aliphatic carbocycles. The van der Waals surface area contributed by atoms with Crippen LogP contribution in [0.5, 0.6) is 0 Å². The van der Waals surface area contributed by atoms with Gasteiger partial charge in [-0.15, -0.1) is 0 Å². The molecule has 0 bridgehead atoms. The summed E-state index contributed by atoms with van der Waals surface area (Å²) in [5.41, 5.74) is 1.91. The van der Waals surface area contributed by atoms with Crippen LogP contribution in [0.1, 0.15) is 12.5 Å². The number of likely N-dealkylation sites (N-methyl/N-ethyl adjacent to an activating group) is 1. The molecule has 0 aliphatic rings. The number of anilines is 1. The number of halogens is 2. The Bertz CT molecular complexity index is 1420. The molecule has 0 saturated carbocycles. The summed E-state index contributed by atoms with van der Waals surface area (Å²) in [5, 5.41) is 5.55. The Morgan fingerprint density at radius 1 is 0.917 bits per heavy atom. The second-order valence-corrected chi connectivity index (χ2v) is 9.38. The molecular formula is C28H25F2N3O2S. The molecule has 1 atom stereocenters. The van der Waals surface area contributed by atoms with E-state index in [9.17, 15) is 18.4 Å². The van der Waals surface area contributed by atoms with Crippen LogP contribution in [-0.4, -0.2) is 23.6 Å². The molecule has 184 valence electrons. The van der Waals surface area contributed by atoms with E-state index in [0.29, 0.717) is 11.3 Å². The van der Waals surface area contributed by atoms with E-state index in [1.165, 1.54) is 36.0 Å². The summed E-state index contributed by atoms with van der Waals surface area (Å²) >= 11 is 1.48. The molecule has 4 aromatic rings. The number of carbonyl (C=O) groups excluding carboxylic acids is 1. The number of hydrogen-bond acceptors (Lipinski definition) is 4. The summed E-state index contributed by atoms with van der Waals surface area (Å²) in [6.07, 6.45) is 0. The lowest BCUT2D eigenvalue weighted by Gasteiger charge is -2.17. The number of aromatic nitrogens is 1. The van der Waals surface area contributed by atoms with E-state index in [1.807, 2.05) is 24.3 Å². The van der Waals surface area contributed by atoms with Crippen LogP contribution in [-0.2, 0) is 11.3 Å². The van der Waals surface area contributed by atoms with Crippen molar-refractivity contribution in [1.82, 2.24) is 9.88 Å². The van der Waals surface area contributed by atoms with Gasteiger partial charge in [0.05, 0.1) is 18.3 Å². The van der Waals surface area contributed by atoms with Crippen LogP contribution in [0.25, 0.3) is 11.3 Å². The molecule has 0 saturated heterocycles. The molecule has 36 heavy (non-hydrogen) atoms. The third kappa shape index (κ3) is 6.08. The van der Waals surface area contributed by atoms with Gasteiger partial charge in [0.2, 0.25) is 5.91 Å². The van der Waals surface area contributed by atoms with Crippen LogP contribution >= 0.6 is 11.8 Å². The smallest absolute Gasteiger partial charge is 0.275 e. The van der Waals surface area contributed by atoms with Crippen molar-refractivity contribution in [2.45, 2.75) is 29.3 Å². The summed E-state index contributed by atoms with van der Waals surface area (Å²) in [6, 6.07) is 22.7. The van der Waals surface area contributed by atoms with Crippen molar-refractivity contribution in [1.29, 1.82) is 0 Å². The molecule has 0 unspecified atom stereocenters. The maximum atomic E-state index is 13.5. The van der Waals surface area contributed by atoms with Gasteiger partial charge < -0.3 is 15.2 Å². The van der Waals surface area contributed by atoms with E-state index in [0.717, 1.165) is 15.4 Å². The number of carbonyl (C=O) groups is 1. The molecule has 5 nitrogen and oxygen atoms in total. The second-order valence-electron chi connectivity index (χ2n) is 8.23. The second kappa shape index (κ2) is 11.3. The van der Waals surface area contributed by atoms with Crippen molar-refractivity contribution in [2.24, 2.45) is 0 Å². The van der Waals surface area contributed by atoms with Crippen LogP contribution in [0.2, 0.25) is 0 Å². The highest BCUT2D eigenvalue weighted by Crippen LogP contribution is 2.29. The number of pyridine rings is 1. The number of benzene rings is 3. The van der Waals surface area contributed by atoms with Crippen molar-refractivity contribution in [3.63, 3.8) is 0 Å².